The minimum absolute atomic E-state index is 0.122. The molecule has 104 valence electrons. The molecule has 2 aromatic rings. The van der Waals surface area contributed by atoms with Crippen molar-refractivity contribution in [1.29, 1.82) is 0 Å². The van der Waals surface area contributed by atoms with E-state index in [2.05, 4.69) is 5.32 Å². The molecule has 3 rings (SSSR count). The summed E-state index contributed by atoms with van der Waals surface area (Å²) in [6.45, 7) is 0. The molecule has 1 aromatic heterocycles. The summed E-state index contributed by atoms with van der Waals surface area (Å²) in [5.41, 5.74) is 8.20. The fraction of sp³-hybridized carbons (Fsp3) is 0.214. The van der Waals surface area contributed by atoms with Gasteiger partial charge in [0, 0.05) is 15.7 Å². The lowest BCUT2D eigenvalue weighted by atomic mass is 10.2. The van der Waals surface area contributed by atoms with Gasteiger partial charge in [0.25, 0.3) is 5.91 Å². The highest BCUT2D eigenvalue weighted by molar-refractivity contribution is 7.98. The molecule has 1 amide bonds. The lowest BCUT2D eigenvalue weighted by molar-refractivity contribution is 0.103. The fourth-order valence-electron chi connectivity index (χ4n) is 2.08. The third-order valence-corrected chi connectivity index (χ3v) is 5.59. The number of hydrogen-bond acceptors (Lipinski definition) is 4. The number of benzene rings is 1. The van der Waals surface area contributed by atoms with Crippen LogP contribution in [-0.4, -0.2) is 11.7 Å². The van der Waals surface area contributed by atoms with Crippen molar-refractivity contribution < 1.29 is 4.79 Å². The molecule has 6 heteroatoms. The molecule has 0 radical (unpaired) electrons. The number of fused-ring (bicyclic) bond motifs is 1. The smallest absolute Gasteiger partial charge is 0.265 e. The zero-order valence-electron chi connectivity index (χ0n) is 10.6. The topological polar surface area (TPSA) is 55.1 Å². The van der Waals surface area contributed by atoms with Gasteiger partial charge in [-0.3, -0.25) is 4.79 Å². The van der Waals surface area contributed by atoms with Crippen LogP contribution >= 0.6 is 34.7 Å². The molecule has 0 fully saturated rings. The molecule has 0 saturated heterocycles. The van der Waals surface area contributed by atoms with Crippen LogP contribution in [0.5, 0.6) is 0 Å². The molecular formula is C14H13ClN2OS2. The zero-order chi connectivity index (χ0) is 14.1. The molecule has 1 aromatic carbocycles. The number of nitrogens with one attached hydrogen (secondary N) is 1. The first kappa shape index (κ1) is 13.8. The van der Waals surface area contributed by atoms with Gasteiger partial charge in [-0.05, 0) is 42.0 Å². The van der Waals surface area contributed by atoms with Gasteiger partial charge < -0.3 is 11.1 Å². The number of halogens is 1. The maximum Gasteiger partial charge on any atom is 0.265 e. The lowest BCUT2D eigenvalue weighted by Crippen LogP contribution is -2.11. The van der Waals surface area contributed by atoms with Crippen molar-refractivity contribution in [3.63, 3.8) is 0 Å². The van der Waals surface area contributed by atoms with Crippen LogP contribution in [0.1, 0.15) is 20.1 Å². The van der Waals surface area contributed by atoms with Gasteiger partial charge in [0.1, 0.15) is 0 Å². The van der Waals surface area contributed by atoms with E-state index in [0.717, 1.165) is 22.8 Å². The molecule has 20 heavy (non-hydrogen) atoms. The van der Waals surface area contributed by atoms with Crippen LogP contribution < -0.4 is 11.1 Å². The highest BCUT2D eigenvalue weighted by atomic mass is 35.5. The Morgan fingerprint density at radius 2 is 2.20 bits per heavy atom. The molecule has 0 unspecified atom stereocenters. The summed E-state index contributed by atoms with van der Waals surface area (Å²) < 4.78 is 0. The summed E-state index contributed by atoms with van der Waals surface area (Å²) in [5, 5.41) is 3.38. The Balaban J connectivity index is 1.82. The molecule has 1 aliphatic rings. The first-order chi connectivity index (χ1) is 9.63. The molecule has 0 spiro atoms. The van der Waals surface area contributed by atoms with E-state index in [1.54, 1.807) is 29.5 Å². The van der Waals surface area contributed by atoms with Crippen molar-refractivity contribution in [3.05, 3.63) is 44.6 Å². The SMILES string of the molecule is Nc1ccc(Cl)cc1NC(=O)c1cc2c(s1)CCSC2. The fourth-order valence-corrected chi connectivity index (χ4v) is 4.52. The molecule has 0 aliphatic carbocycles. The van der Waals surface area contributed by atoms with E-state index in [4.69, 9.17) is 17.3 Å². The third-order valence-electron chi connectivity index (χ3n) is 3.11. The quantitative estimate of drug-likeness (QED) is 0.820. The Hall–Kier alpha value is -1.17. The van der Waals surface area contributed by atoms with Gasteiger partial charge in [-0.25, -0.2) is 0 Å². The van der Waals surface area contributed by atoms with Gasteiger partial charge in [-0.1, -0.05) is 11.6 Å². The summed E-state index contributed by atoms with van der Waals surface area (Å²) in [5.74, 6) is 2.01. The number of hydrogen-bond donors (Lipinski definition) is 2. The molecule has 0 bridgehead atoms. The Bertz CT molecular complexity index is 646. The van der Waals surface area contributed by atoms with Crippen molar-refractivity contribution in [1.82, 2.24) is 0 Å². The minimum atomic E-state index is -0.122. The van der Waals surface area contributed by atoms with Crippen LogP contribution in [0.15, 0.2) is 24.3 Å². The van der Waals surface area contributed by atoms with E-state index in [1.807, 2.05) is 17.8 Å². The maximum absolute atomic E-state index is 12.3. The summed E-state index contributed by atoms with van der Waals surface area (Å²) in [6, 6.07) is 7.04. The van der Waals surface area contributed by atoms with Crippen LogP contribution in [0, 0.1) is 0 Å². The number of aryl methyl sites for hydroxylation is 1. The van der Waals surface area contributed by atoms with Gasteiger partial charge >= 0.3 is 0 Å². The summed E-state index contributed by atoms with van der Waals surface area (Å²) >= 11 is 9.40. The van der Waals surface area contributed by atoms with Gasteiger partial charge in [0.05, 0.1) is 16.3 Å². The van der Waals surface area contributed by atoms with Crippen LogP contribution in [-0.2, 0) is 12.2 Å². The van der Waals surface area contributed by atoms with Crippen molar-refractivity contribution in [2.45, 2.75) is 12.2 Å². The molecular weight excluding hydrogens is 312 g/mol. The van der Waals surface area contributed by atoms with Crippen LogP contribution in [0.25, 0.3) is 0 Å². The van der Waals surface area contributed by atoms with Gasteiger partial charge in [0.2, 0.25) is 0 Å². The van der Waals surface area contributed by atoms with E-state index in [-0.39, 0.29) is 5.91 Å². The first-order valence-corrected chi connectivity index (χ1v) is 8.54. The second-order valence-electron chi connectivity index (χ2n) is 4.55. The van der Waals surface area contributed by atoms with E-state index < -0.39 is 0 Å². The second-order valence-corrected chi connectivity index (χ2v) is 7.23. The van der Waals surface area contributed by atoms with E-state index >= 15 is 0 Å². The minimum Gasteiger partial charge on any atom is -0.397 e. The lowest BCUT2D eigenvalue weighted by Gasteiger charge is -2.08. The van der Waals surface area contributed by atoms with Crippen molar-refractivity contribution in [2.24, 2.45) is 0 Å². The summed E-state index contributed by atoms with van der Waals surface area (Å²) in [4.78, 5) is 14.3. The zero-order valence-corrected chi connectivity index (χ0v) is 13.0. The second kappa shape index (κ2) is 5.68. The first-order valence-electron chi connectivity index (χ1n) is 6.19. The number of nitrogen functional groups attached to an aromatic ring is 1. The van der Waals surface area contributed by atoms with Crippen LogP contribution in [0.2, 0.25) is 5.02 Å². The number of anilines is 2. The Morgan fingerprint density at radius 3 is 3.00 bits per heavy atom. The van der Waals surface area contributed by atoms with Gasteiger partial charge in [-0.15, -0.1) is 11.3 Å². The van der Waals surface area contributed by atoms with Gasteiger partial charge in [0.15, 0.2) is 0 Å². The normalized spacial score (nSPS) is 13.8. The Labute approximate surface area is 130 Å². The van der Waals surface area contributed by atoms with Crippen molar-refractivity contribution in [3.8, 4) is 0 Å². The molecule has 3 N–H and O–H groups in total. The molecule has 2 heterocycles. The number of nitrogens with two attached hydrogens (primary N) is 1. The Morgan fingerprint density at radius 1 is 1.35 bits per heavy atom. The maximum atomic E-state index is 12.3. The summed E-state index contributed by atoms with van der Waals surface area (Å²) in [7, 11) is 0. The van der Waals surface area contributed by atoms with Crippen LogP contribution in [0.3, 0.4) is 0 Å². The molecule has 1 aliphatic heterocycles. The number of amides is 1. The number of carbonyl (C=O) groups excluding carboxylic acids is 1. The third kappa shape index (κ3) is 2.80. The van der Waals surface area contributed by atoms with Crippen molar-refractivity contribution >= 4 is 52.0 Å². The largest absolute Gasteiger partial charge is 0.397 e. The van der Waals surface area contributed by atoms with Gasteiger partial charge in [-0.2, -0.15) is 11.8 Å². The van der Waals surface area contributed by atoms with E-state index in [0.29, 0.717) is 16.4 Å². The predicted molar refractivity (Wildman–Crippen MR) is 88.0 cm³/mol. The predicted octanol–water partition coefficient (Wildman–Crippen LogP) is 4.03. The average Bonchev–Trinajstić information content (AvgIpc) is 2.87. The number of thioether (sulfide) groups is 1. The van der Waals surface area contributed by atoms with Crippen molar-refractivity contribution in [2.75, 3.05) is 16.8 Å². The molecule has 3 nitrogen and oxygen atoms in total. The standard InChI is InChI=1S/C14H13ClN2OS2/c15-9-1-2-10(16)11(6-9)17-14(18)13-5-8-7-19-4-3-12(8)20-13/h1-2,5-6H,3-4,7,16H2,(H,17,18). The monoisotopic (exact) mass is 324 g/mol. The highest BCUT2D eigenvalue weighted by Crippen LogP contribution is 2.32. The summed E-state index contributed by atoms with van der Waals surface area (Å²) in [6.07, 6.45) is 1.05. The number of carbonyl (C=O) groups is 1. The highest BCUT2D eigenvalue weighted by Gasteiger charge is 2.18. The Kier molecular flexibility index (Phi) is 3.92. The van der Waals surface area contributed by atoms with Crippen LogP contribution in [0.4, 0.5) is 11.4 Å². The van der Waals surface area contributed by atoms with E-state index in [9.17, 15) is 4.79 Å². The van der Waals surface area contributed by atoms with E-state index in [1.165, 1.54) is 10.4 Å². The molecule has 0 atom stereocenters. The average molecular weight is 325 g/mol. The molecule has 0 saturated carbocycles. The number of rotatable bonds is 2. The number of thiophene rings is 1.